The van der Waals surface area contributed by atoms with Gasteiger partial charge in [-0.1, -0.05) is 18.2 Å². The molecule has 0 aliphatic carbocycles. The molecule has 0 fully saturated rings. The van der Waals surface area contributed by atoms with E-state index in [4.69, 9.17) is 5.26 Å². The summed E-state index contributed by atoms with van der Waals surface area (Å²) in [5.41, 5.74) is 1.44. The van der Waals surface area contributed by atoms with Gasteiger partial charge in [-0.3, -0.25) is 0 Å². The largest absolute Gasteiger partial charge is 0.192 e. The monoisotopic (exact) mass is 116 g/mol. The summed E-state index contributed by atoms with van der Waals surface area (Å²) >= 11 is 0. The van der Waals surface area contributed by atoms with Gasteiger partial charge in [0.2, 0.25) is 0 Å². The molecule has 0 atom stereocenters. The highest BCUT2D eigenvalue weighted by atomic mass is 14.2. The van der Waals surface area contributed by atoms with Crippen LogP contribution in [0.3, 0.4) is 0 Å². The van der Waals surface area contributed by atoms with Crippen molar-refractivity contribution in [1.29, 1.82) is 5.26 Å². The van der Waals surface area contributed by atoms with Gasteiger partial charge < -0.3 is 0 Å². The molecule has 9 heavy (non-hydrogen) atoms. The molecule has 1 rings (SSSR count). The molecule has 0 saturated carbocycles. The lowest BCUT2D eigenvalue weighted by molar-refractivity contribution is 1.46. The third-order valence-electron chi connectivity index (χ3n) is 1.14. The standard InChI is InChI=1S/C8H6N/c1-7-4-2-3-5-8(7)6-9/h2-5H,1H2. The summed E-state index contributed by atoms with van der Waals surface area (Å²) in [5, 5.41) is 8.43. The molecule has 1 nitrogen and oxygen atoms in total. The Labute approximate surface area is 54.6 Å². The third-order valence-corrected chi connectivity index (χ3v) is 1.14. The van der Waals surface area contributed by atoms with Gasteiger partial charge in [0, 0.05) is 0 Å². The number of hydrogen-bond donors (Lipinski definition) is 0. The van der Waals surface area contributed by atoms with Crippen LogP contribution in [0.4, 0.5) is 0 Å². The Hall–Kier alpha value is -1.29. The zero-order valence-corrected chi connectivity index (χ0v) is 4.96. The van der Waals surface area contributed by atoms with Gasteiger partial charge in [-0.25, -0.2) is 0 Å². The Balaban J connectivity index is 3.20. The van der Waals surface area contributed by atoms with Crippen molar-refractivity contribution in [3.8, 4) is 6.07 Å². The van der Waals surface area contributed by atoms with Crippen molar-refractivity contribution < 1.29 is 0 Å². The van der Waals surface area contributed by atoms with Crippen LogP contribution in [0.1, 0.15) is 11.1 Å². The minimum Gasteiger partial charge on any atom is -0.192 e. The van der Waals surface area contributed by atoms with Crippen molar-refractivity contribution in [3.63, 3.8) is 0 Å². The van der Waals surface area contributed by atoms with Crippen LogP contribution in [0.15, 0.2) is 24.3 Å². The molecule has 0 heterocycles. The van der Waals surface area contributed by atoms with E-state index >= 15 is 0 Å². The van der Waals surface area contributed by atoms with E-state index in [1.165, 1.54) is 0 Å². The fourth-order valence-corrected chi connectivity index (χ4v) is 0.629. The van der Waals surface area contributed by atoms with Gasteiger partial charge in [-0.15, -0.1) is 0 Å². The SMILES string of the molecule is [CH2]c1ccccc1C#N. The van der Waals surface area contributed by atoms with E-state index in [1.807, 2.05) is 24.3 Å². The van der Waals surface area contributed by atoms with Crippen LogP contribution < -0.4 is 0 Å². The van der Waals surface area contributed by atoms with E-state index in [9.17, 15) is 0 Å². The fourth-order valence-electron chi connectivity index (χ4n) is 0.629. The molecule has 0 spiro atoms. The first-order valence-electron chi connectivity index (χ1n) is 2.65. The summed E-state index contributed by atoms with van der Waals surface area (Å²) in [5.74, 6) is 0. The van der Waals surface area contributed by atoms with E-state index < -0.39 is 0 Å². The maximum atomic E-state index is 8.43. The van der Waals surface area contributed by atoms with Crippen LogP contribution in [-0.2, 0) is 0 Å². The Bertz CT molecular complexity index is 245. The molecule has 0 saturated heterocycles. The lowest BCUT2D eigenvalue weighted by atomic mass is 10.1. The van der Waals surface area contributed by atoms with E-state index in [0.717, 1.165) is 5.56 Å². The lowest BCUT2D eigenvalue weighted by Gasteiger charge is -1.90. The maximum Gasteiger partial charge on any atom is 0.0994 e. The second-order valence-corrected chi connectivity index (χ2v) is 1.77. The molecule has 1 aromatic carbocycles. The van der Waals surface area contributed by atoms with Crippen LogP contribution in [0.5, 0.6) is 0 Å². The Kier molecular flexibility index (Phi) is 1.51. The van der Waals surface area contributed by atoms with Gasteiger partial charge in [0.1, 0.15) is 0 Å². The fraction of sp³-hybridized carbons (Fsp3) is 0. The highest BCUT2D eigenvalue weighted by molar-refractivity contribution is 5.38. The van der Waals surface area contributed by atoms with Gasteiger partial charge in [0.25, 0.3) is 0 Å². The predicted octanol–water partition coefficient (Wildman–Crippen LogP) is 1.74. The molecule has 0 aliphatic rings. The second-order valence-electron chi connectivity index (χ2n) is 1.77. The number of hydrogen-bond acceptors (Lipinski definition) is 1. The van der Waals surface area contributed by atoms with E-state index in [-0.39, 0.29) is 0 Å². The first-order chi connectivity index (χ1) is 4.34. The molecular weight excluding hydrogens is 110 g/mol. The van der Waals surface area contributed by atoms with Crippen LogP contribution in [0.25, 0.3) is 0 Å². The minimum absolute atomic E-state index is 0.650. The van der Waals surface area contributed by atoms with Gasteiger partial charge >= 0.3 is 0 Å². The van der Waals surface area contributed by atoms with Crippen molar-refractivity contribution in [2.24, 2.45) is 0 Å². The van der Waals surface area contributed by atoms with Crippen LogP contribution in [0.2, 0.25) is 0 Å². The minimum atomic E-state index is 0.650. The van der Waals surface area contributed by atoms with Gasteiger partial charge in [-0.05, 0) is 18.6 Å². The van der Waals surface area contributed by atoms with Crippen LogP contribution >= 0.6 is 0 Å². The maximum absolute atomic E-state index is 8.43. The number of benzene rings is 1. The summed E-state index contributed by atoms with van der Waals surface area (Å²) in [4.78, 5) is 0. The van der Waals surface area contributed by atoms with Gasteiger partial charge in [-0.2, -0.15) is 5.26 Å². The second kappa shape index (κ2) is 2.32. The highest BCUT2D eigenvalue weighted by Gasteiger charge is 1.90. The van der Waals surface area contributed by atoms with Crippen molar-refractivity contribution in [1.82, 2.24) is 0 Å². The van der Waals surface area contributed by atoms with Crippen molar-refractivity contribution in [2.75, 3.05) is 0 Å². The molecule has 1 aromatic rings. The molecule has 0 aromatic heterocycles. The van der Waals surface area contributed by atoms with Gasteiger partial charge in [0.05, 0.1) is 11.6 Å². The third kappa shape index (κ3) is 1.09. The highest BCUT2D eigenvalue weighted by Crippen LogP contribution is 2.03. The molecule has 1 radical (unpaired) electrons. The molecule has 1 heteroatoms. The molecule has 43 valence electrons. The number of rotatable bonds is 0. The van der Waals surface area contributed by atoms with Gasteiger partial charge in [0.15, 0.2) is 0 Å². The molecule has 0 aliphatic heterocycles. The lowest BCUT2D eigenvalue weighted by Crippen LogP contribution is -1.77. The molecule has 0 N–H and O–H groups in total. The van der Waals surface area contributed by atoms with E-state index in [2.05, 4.69) is 6.92 Å². The molecule has 0 unspecified atom stereocenters. The first kappa shape index (κ1) is 5.84. The summed E-state index contributed by atoms with van der Waals surface area (Å²) < 4.78 is 0. The Morgan fingerprint density at radius 1 is 1.33 bits per heavy atom. The Morgan fingerprint density at radius 3 is 2.44 bits per heavy atom. The number of nitriles is 1. The summed E-state index contributed by atoms with van der Waals surface area (Å²) in [6, 6.07) is 9.29. The quantitative estimate of drug-likeness (QED) is 0.506. The summed E-state index contributed by atoms with van der Waals surface area (Å²) in [7, 11) is 0. The van der Waals surface area contributed by atoms with Crippen molar-refractivity contribution in [3.05, 3.63) is 42.3 Å². The molecule has 0 bridgehead atoms. The average molecular weight is 116 g/mol. The molecular formula is C8H6N. The zero-order chi connectivity index (χ0) is 6.69. The predicted molar refractivity (Wildman–Crippen MR) is 35.6 cm³/mol. The smallest absolute Gasteiger partial charge is 0.0994 e. The molecule has 0 amide bonds. The van der Waals surface area contributed by atoms with E-state index in [0.29, 0.717) is 5.56 Å². The number of nitrogens with zero attached hydrogens (tertiary/aromatic N) is 1. The average Bonchev–Trinajstić information content (AvgIpc) is 1.89. The summed E-state index contributed by atoms with van der Waals surface area (Å²) in [6.45, 7) is 3.67. The summed E-state index contributed by atoms with van der Waals surface area (Å²) in [6.07, 6.45) is 0. The van der Waals surface area contributed by atoms with Crippen LogP contribution in [0, 0.1) is 18.3 Å². The van der Waals surface area contributed by atoms with Crippen molar-refractivity contribution in [2.45, 2.75) is 0 Å². The van der Waals surface area contributed by atoms with Crippen LogP contribution in [-0.4, -0.2) is 0 Å². The van der Waals surface area contributed by atoms with E-state index in [1.54, 1.807) is 6.07 Å². The topological polar surface area (TPSA) is 23.8 Å². The first-order valence-corrected chi connectivity index (χ1v) is 2.65. The zero-order valence-electron chi connectivity index (χ0n) is 4.96. The normalized spacial score (nSPS) is 8.44. The van der Waals surface area contributed by atoms with Crippen molar-refractivity contribution >= 4 is 0 Å². The Morgan fingerprint density at radius 2 is 2.00 bits per heavy atom.